The number of rotatable bonds is 10. The fraction of sp³-hybridized carbons (Fsp3) is 0.440. The Bertz CT molecular complexity index is 1250. The summed E-state index contributed by atoms with van der Waals surface area (Å²) in [6.07, 6.45) is 7.35. The van der Waals surface area contributed by atoms with Crippen LogP contribution in [0.5, 0.6) is 0 Å². The Morgan fingerprint density at radius 3 is 2.53 bits per heavy atom. The first kappa shape index (κ1) is 23.5. The van der Waals surface area contributed by atoms with E-state index in [0.717, 1.165) is 30.3 Å². The highest BCUT2D eigenvalue weighted by Gasteiger charge is 2.18. The number of carbonyl (C=O) groups is 2. The summed E-state index contributed by atoms with van der Waals surface area (Å²) in [4.78, 5) is 50.8. The number of nitrogens with one attached hydrogen (secondary N) is 2. The van der Waals surface area contributed by atoms with Gasteiger partial charge in [0.2, 0.25) is 11.8 Å². The second-order valence-corrected chi connectivity index (χ2v) is 8.70. The molecule has 2 aromatic heterocycles. The Morgan fingerprint density at radius 2 is 1.76 bits per heavy atom. The van der Waals surface area contributed by atoms with Gasteiger partial charge in [0.25, 0.3) is 5.56 Å². The van der Waals surface area contributed by atoms with Gasteiger partial charge in [0.1, 0.15) is 12.3 Å². The quantitative estimate of drug-likeness (QED) is 0.445. The Morgan fingerprint density at radius 1 is 0.971 bits per heavy atom. The fourth-order valence-corrected chi connectivity index (χ4v) is 4.44. The molecule has 0 spiro atoms. The highest BCUT2D eigenvalue weighted by atomic mass is 16.3. The topological polar surface area (TPSA) is 115 Å². The molecule has 2 N–H and O–H groups in total. The number of benzene rings is 1. The molecule has 0 bridgehead atoms. The van der Waals surface area contributed by atoms with E-state index in [1.165, 1.54) is 10.8 Å². The molecule has 1 saturated carbocycles. The molecule has 4 rings (SSSR count). The largest absolute Gasteiger partial charge is 0.467 e. The minimum Gasteiger partial charge on any atom is -0.467 e. The predicted octanol–water partition coefficient (Wildman–Crippen LogP) is 2.30. The first-order valence-electron chi connectivity index (χ1n) is 11.8. The van der Waals surface area contributed by atoms with E-state index in [-0.39, 0.29) is 43.0 Å². The molecule has 2 heterocycles. The van der Waals surface area contributed by atoms with E-state index in [2.05, 4.69) is 10.6 Å². The van der Waals surface area contributed by atoms with Crippen LogP contribution in [0.4, 0.5) is 0 Å². The van der Waals surface area contributed by atoms with Crippen LogP contribution in [0.2, 0.25) is 0 Å². The van der Waals surface area contributed by atoms with Gasteiger partial charge in [0, 0.05) is 19.0 Å². The van der Waals surface area contributed by atoms with Crippen LogP contribution in [0.15, 0.2) is 56.7 Å². The molecule has 1 fully saturated rings. The van der Waals surface area contributed by atoms with Crippen molar-refractivity contribution in [2.75, 3.05) is 0 Å². The maximum absolute atomic E-state index is 13.2. The third-order valence-corrected chi connectivity index (χ3v) is 6.23. The average molecular weight is 467 g/mol. The van der Waals surface area contributed by atoms with Crippen molar-refractivity contribution in [2.45, 2.75) is 70.6 Å². The van der Waals surface area contributed by atoms with Crippen LogP contribution in [0.3, 0.4) is 0 Å². The average Bonchev–Trinajstić information content (AvgIpc) is 3.54. The smallest absolute Gasteiger partial charge is 0.331 e. The molecular formula is C25H30N4O5. The summed E-state index contributed by atoms with van der Waals surface area (Å²) < 4.78 is 7.70. The third kappa shape index (κ3) is 5.65. The lowest BCUT2D eigenvalue weighted by atomic mass is 10.2. The van der Waals surface area contributed by atoms with Crippen LogP contribution in [0.25, 0.3) is 10.9 Å². The number of unbranched alkanes of at least 4 members (excludes halogenated alkanes) is 1. The number of hydrogen-bond acceptors (Lipinski definition) is 5. The minimum absolute atomic E-state index is 0.0170. The number of carbonyl (C=O) groups excluding carboxylic acids is 2. The van der Waals surface area contributed by atoms with Gasteiger partial charge in [-0.2, -0.15) is 0 Å². The highest BCUT2D eigenvalue weighted by molar-refractivity contribution is 5.81. The van der Waals surface area contributed by atoms with Gasteiger partial charge < -0.3 is 15.1 Å². The second kappa shape index (κ2) is 11.0. The summed E-state index contributed by atoms with van der Waals surface area (Å²) >= 11 is 0. The SMILES string of the molecule is O=C(Cn1c(=O)n(CCCCC(=O)NC2CCCC2)c(=O)c2ccccc21)NCc1ccco1. The van der Waals surface area contributed by atoms with Gasteiger partial charge in [-0.15, -0.1) is 0 Å². The van der Waals surface area contributed by atoms with Crippen LogP contribution < -0.4 is 21.9 Å². The summed E-state index contributed by atoms with van der Waals surface area (Å²) in [7, 11) is 0. The molecular weight excluding hydrogens is 436 g/mol. The molecule has 34 heavy (non-hydrogen) atoms. The highest BCUT2D eigenvalue weighted by Crippen LogP contribution is 2.17. The molecule has 0 aliphatic heterocycles. The van der Waals surface area contributed by atoms with E-state index in [1.54, 1.807) is 36.4 Å². The molecule has 1 aliphatic carbocycles. The zero-order valence-corrected chi connectivity index (χ0v) is 19.1. The Hall–Kier alpha value is -3.62. The van der Waals surface area contributed by atoms with Gasteiger partial charge in [-0.1, -0.05) is 25.0 Å². The molecule has 180 valence electrons. The van der Waals surface area contributed by atoms with Gasteiger partial charge in [-0.25, -0.2) is 4.79 Å². The Balaban J connectivity index is 1.44. The summed E-state index contributed by atoms with van der Waals surface area (Å²) in [6.45, 7) is 0.179. The van der Waals surface area contributed by atoms with Gasteiger partial charge in [-0.3, -0.25) is 23.5 Å². The first-order chi connectivity index (χ1) is 16.5. The summed E-state index contributed by atoms with van der Waals surface area (Å²) in [6, 6.07) is 10.5. The van der Waals surface area contributed by atoms with Crippen molar-refractivity contribution in [3.05, 3.63) is 69.3 Å². The van der Waals surface area contributed by atoms with Crippen molar-refractivity contribution < 1.29 is 14.0 Å². The number of fused-ring (bicyclic) bond motifs is 1. The molecule has 0 saturated heterocycles. The van der Waals surface area contributed by atoms with E-state index >= 15 is 0 Å². The van der Waals surface area contributed by atoms with Crippen LogP contribution in [0.1, 0.15) is 50.7 Å². The molecule has 9 nitrogen and oxygen atoms in total. The molecule has 3 aromatic rings. The number of hydrogen-bond donors (Lipinski definition) is 2. The number of para-hydroxylation sites is 1. The number of furan rings is 1. The summed E-state index contributed by atoms with van der Waals surface area (Å²) in [5.74, 6) is 0.258. The Kier molecular flexibility index (Phi) is 7.61. The maximum Gasteiger partial charge on any atom is 0.331 e. The third-order valence-electron chi connectivity index (χ3n) is 6.23. The maximum atomic E-state index is 13.2. The van der Waals surface area contributed by atoms with Crippen LogP contribution >= 0.6 is 0 Å². The van der Waals surface area contributed by atoms with E-state index in [1.807, 2.05) is 0 Å². The zero-order chi connectivity index (χ0) is 23.9. The van der Waals surface area contributed by atoms with E-state index in [0.29, 0.717) is 35.9 Å². The standard InChI is InChI=1S/C25H30N4O5/c30-22(27-18-8-1-2-9-18)13-5-6-14-28-24(32)20-11-3-4-12-21(20)29(25(28)33)17-23(31)26-16-19-10-7-15-34-19/h3-4,7,10-12,15,18H,1-2,5-6,8-9,13-14,16-17H2,(H,26,31)(H,27,30). The molecule has 0 radical (unpaired) electrons. The van der Waals surface area contributed by atoms with E-state index in [9.17, 15) is 19.2 Å². The van der Waals surface area contributed by atoms with Gasteiger partial charge in [-0.05, 0) is 49.9 Å². The van der Waals surface area contributed by atoms with Crippen molar-refractivity contribution in [3.63, 3.8) is 0 Å². The van der Waals surface area contributed by atoms with Gasteiger partial charge >= 0.3 is 5.69 Å². The number of nitrogens with zero attached hydrogens (tertiary/aromatic N) is 2. The monoisotopic (exact) mass is 466 g/mol. The molecule has 1 aliphatic rings. The lowest BCUT2D eigenvalue weighted by Gasteiger charge is -2.14. The lowest BCUT2D eigenvalue weighted by molar-refractivity contribution is -0.122. The van der Waals surface area contributed by atoms with Gasteiger partial charge in [0.15, 0.2) is 0 Å². The zero-order valence-electron chi connectivity index (χ0n) is 19.1. The molecule has 9 heteroatoms. The Labute approximate surface area is 196 Å². The minimum atomic E-state index is -0.535. The van der Waals surface area contributed by atoms with E-state index in [4.69, 9.17) is 4.42 Å². The van der Waals surface area contributed by atoms with Crippen molar-refractivity contribution in [1.29, 1.82) is 0 Å². The van der Waals surface area contributed by atoms with Crippen molar-refractivity contribution in [1.82, 2.24) is 19.8 Å². The van der Waals surface area contributed by atoms with Crippen molar-refractivity contribution in [2.24, 2.45) is 0 Å². The van der Waals surface area contributed by atoms with Gasteiger partial charge in [0.05, 0.1) is 23.7 Å². The van der Waals surface area contributed by atoms with E-state index < -0.39 is 5.69 Å². The molecule has 0 atom stereocenters. The normalized spacial score (nSPS) is 13.9. The molecule has 1 aromatic carbocycles. The van der Waals surface area contributed by atoms with Crippen LogP contribution in [0, 0.1) is 0 Å². The number of amides is 2. The number of aromatic nitrogens is 2. The van der Waals surface area contributed by atoms with Crippen LogP contribution in [-0.4, -0.2) is 27.0 Å². The van der Waals surface area contributed by atoms with Crippen molar-refractivity contribution >= 4 is 22.7 Å². The molecule has 0 unspecified atom stereocenters. The fourth-order valence-electron chi connectivity index (χ4n) is 4.44. The summed E-state index contributed by atoms with van der Waals surface area (Å²) in [5.41, 5.74) is -0.506. The summed E-state index contributed by atoms with van der Waals surface area (Å²) in [5, 5.41) is 6.16. The van der Waals surface area contributed by atoms with Crippen LogP contribution in [-0.2, 0) is 29.2 Å². The molecule has 2 amide bonds. The first-order valence-corrected chi connectivity index (χ1v) is 11.8. The lowest BCUT2D eigenvalue weighted by Crippen LogP contribution is -2.42. The second-order valence-electron chi connectivity index (χ2n) is 8.70. The predicted molar refractivity (Wildman–Crippen MR) is 127 cm³/mol. The van der Waals surface area contributed by atoms with Crippen molar-refractivity contribution in [3.8, 4) is 0 Å².